The van der Waals surface area contributed by atoms with Crippen LogP contribution in [-0.2, 0) is 0 Å². The van der Waals surface area contributed by atoms with Crippen molar-refractivity contribution in [3.8, 4) is 0 Å². The highest BCUT2D eigenvalue weighted by Gasteiger charge is 2.17. The van der Waals surface area contributed by atoms with E-state index in [4.69, 9.17) is 0 Å². The van der Waals surface area contributed by atoms with Crippen molar-refractivity contribution in [2.45, 2.75) is 32.2 Å². The monoisotopic (exact) mass is 211 g/mol. The number of piperazine rings is 1. The molecule has 2 aliphatic heterocycles. The predicted molar refractivity (Wildman–Crippen MR) is 64.2 cm³/mol. The van der Waals surface area contributed by atoms with E-state index in [1.807, 2.05) is 0 Å². The predicted octanol–water partition coefficient (Wildman–Crippen LogP) is 0.766. The Labute approximate surface area is 93.8 Å². The summed E-state index contributed by atoms with van der Waals surface area (Å²) in [4.78, 5) is 5.25. The van der Waals surface area contributed by atoms with Crippen LogP contribution < -0.4 is 5.32 Å². The van der Waals surface area contributed by atoms with E-state index in [0.717, 1.165) is 6.04 Å². The molecule has 0 aliphatic carbocycles. The molecule has 0 aromatic carbocycles. The molecule has 0 aromatic rings. The highest BCUT2D eigenvalue weighted by atomic mass is 15.2. The van der Waals surface area contributed by atoms with Crippen molar-refractivity contribution in [3.63, 3.8) is 0 Å². The Morgan fingerprint density at radius 1 is 1.13 bits per heavy atom. The van der Waals surface area contributed by atoms with Gasteiger partial charge in [-0.2, -0.15) is 0 Å². The van der Waals surface area contributed by atoms with E-state index in [0.29, 0.717) is 0 Å². The van der Waals surface area contributed by atoms with E-state index < -0.39 is 0 Å². The maximum atomic E-state index is 3.44. The highest BCUT2D eigenvalue weighted by molar-refractivity contribution is 4.76. The first kappa shape index (κ1) is 11.4. The minimum Gasteiger partial charge on any atom is -0.314 e. The number of hydrogen-bond donors (Lipinski definition) is 1. The fraction of sp³-hybridized carbons (Fsp3) is 1.00. The average Bonchev–Trinajstić information content (AvgIpc) is 2.74. The second kappa shape index (κ2) is 5.83. The summed E-state index contributed by atoms with van der Waals surface area (Å²) in [7, 11) is 0. The van der Waals surface area contributed by atoms with E-state index in [-0.39, 0.29) is 0 Å². The summed E-state index contributed by atoms with van der Waals surface area (Å²) in [6, 6.07) is 0.734. The van der Waals surface area contributed by atoms with Crippen LogP contribution in [0.3, 0.4) is 0 Å². The van der Waals surface area contributed by atoms with E-state index in [9.17, 15) is 0 Å². The van der Waals surface area contributed by atoms with Crippen LogP contribution in [-0.4, -0.2) is 61.7 Å². The topological polar surface area (TPSA) is 18.5 Å². The minimum absolute atomic E-state index is 0.734. The Morgan fingerprint density at radius 2 is 1.93 bits per heavy atom. The van der Waals surface area contributed by atoms with Crippen molar-refractivity contribution >= 4 is 0 Å². The van der Waals surface area contributed by atoms with Gasteiger partial charge in [-0.25, -0.2) is 0 Å². The summed E-state index contributed by atoms with van der Waals surface area (Å²) in [6.07, 6.45) is 4.19. The van der Waals surface area contributed by atoms with Gasteiger partial charge in [0.1, 0.15) is 0 Å². The van der Waals surface area contributed by atoms with Gasteiger partial charge in [0.05, 0.1) is 0 Å². The normalized spacial score (nSPS) is 29.8. The number of nitrogens with zero attached hydrogens (tertiary/aromatic N) is 2. The van der Waals surface area contributed by atoms with Crippen LogP contribution >= 0.6 is 0 Å². The number of nitrogens with one attached hydrogen (secondary N) is 1. The van der Waals surface area contributed by atoms with Crippen LogP contribution in [0.4, 0.5) is 0 Å². The third-order valence-electron chi connectivity index (χ3n) is 3.76. The van der Waals surface area contributed by atoms with E-state index >= 15 is 0 Å². The minimum atomic E-state index is 0.734. The molecular weight excluding hydrogens is 186 g/mol. The van der Waals surface area contributed by atoms with Crippen molar-refractivity contribution in [3.05, 3.63) is 0 Å². The molecule has 2 fully saturated rings. The maximum absolute atomic E-state index is 3.44. The third kappa shape index (κ3) is 3.44. The number of hydrogen-bond acceptors (Lipinski definition) is 3. The zero-order chi connectivity index (χ0) is 10.5. The van der Waals surface area contributed by atoms with Gasteiger partial charge in [0, 0.05) is 25.7 Å². The SMILES string of the molecule is C[C@@H]1CNCCN1CCCN1CCCC1. The van der Waals surface area contributed by atoms with Crippen molar-refractivity contribution in [1.82, 2.24) is 15.1 Å². The Hall–Kier alpha value is -0.120. The lowest BCUT2D eigenvalue weighted by Crippen LogP contribution is -2.50. The molecule has 0 radical (unpaired) electrons. The Morgan fingerprint density at radius 3 is 2.67 bits per heavy atom. The molecule has 2 rings (SSSR count). The molecule has 0 saturated carbocycles. The molecule has 2 aliphatic rings. The van der Waals surface area contributed by atoms with Gasteiger partial charge in [-0.05, 0) is 52.4 Å². The summed E-state index contributed by atoms with van der Waals surface area (Å²) < 4.78 is 0. The summed E-state index contributed by atoms with van der Waals surface area (Å²) in [5, 5.41) is 3.44. The molecule has 1 N–H and O–H groups in total. The lowest BCUT2D eigenvalue weighted by atomic mass is 10.2. The van der Waals surface area contributed by atoms with E-state index in [2.05, 4.69) is 22.0 Å². The first-order valence-electron chi connectivity index (χ1n) is 6.53. The van der Waals surface area contributed by atoms with Crippen molar-refractivity contribution in [1.29, 1.82) is 0 Å². The molecule has 0 bridgehead atoms. The lowest BCUT2D eigenvalue weighted by molar-refractivity contribution is 0.164. The summed E-state index contributed by atoms with van der Waals surface area (Å²) in [6.45, 7) is 11.2. The number of likely N-dealkylation sites (tertiary alicyclic amines) is 1. The third-order valence-corrected chi connectivity index (χ3v) is 3.76. The molecule has 88 valence electrons. The summed E-state index contributed by atoms with van der Waals surface area (Å²) in [5.41, 5.74) is 0. The maximum Gasteiger partial charge on any atom is 0.0192 e. The van der Waals surface area contributed by atoms with Crippen LogP contribution in [0.1, 0.15) is 26.2 Å². The molecule has 0 unspecified atom stereocenters. The summed E-state index contributed by atoms with van der Waals surface area (Å²) in [5.74, 6) is 0. The number of rotatable bonds is 4. The smallest absolute Gasteiger partial charge is 0.0192 e. The summed E-state index contributed by atoms with van der Waals surface area (Å²) >= 11 is 0. The fourth-order valence-corrected chi connectivity index (χ4v) is 2.72. The molecule has 3 heteroatoms. The Balaban J connectivity index is 1.59. The molecule has 2 heterocycles. The van der Waals surface area contributed by atoms with Gasteiger partial charge >= 0.3 is 0 Å². The zero-order valence-corrected chi connectivity index (χ0v) is 10.0. The molecule has 3 nitrogen and oxygen atoms in total. The first-order chi connectivity index (χ1) is 7.36. The second-order valence-corrected chi connectivity index (χ2v) is 4.99. The van der Waals surface area contributed by atoms with Gasteiger partial charge in [0.15, 0.2) is 0 Å². The van der Waals surface area contributed by atoms with Gasteiger partial charge in [-0.3, -0.25) is 4.90 Å². The molecule has 0 aromatic heterocycles. The molecule has 2 saturated heterocycles. The van der Waals surface area contributed by atoms with Crippen LogP contribution in [0, 0.1) is 0 Å². The molecule has 1 atom stereocenters. The quantitative estimate of drug-likeness (QED) is 0.741. The molecule has 0 amide bonds. The first-order valence-corrected chi connectivity index (χ1v) is 6.53. The van der Waals surface area contributed by atoms with Crippen LogP contribution in [0.2, 0.25) is 0 Å². The van der Waals surface area contributed by atoms with Gasteiger partial charge in [-0.1, -0.05) is 0 Å². The van der Waals surface area contributed by atoms with Gasteiger partial charge in [0.25, 0.3) is 0 Å². The van der Waals surface area contributed by atoms with Gasteiger partial charge in [0.2, 0.25) is 0 Å². The molecular formula is C12H25N3. The Kier molecular flexibility index (Phi) is 4.42. The largest absolute Gasteiger partial charge is 0.314 e. The standard InChI is InChI=1S/C12H25N3/c1-12-11-13-5-10-15(12)9-4-8-14-6-2-3-7-14/h12-13H,2-11H2,1H3/t12-/m1/s1. The van der Waals surface area contributed by atoms with Gasteiger partial charge in [-0.15, -0.1) is 0 Å². The van der Waals surface area contributed by atoms with Crippen LogP contribution in [0.15, 0.2) is 0 Å². The fourth-order valence-electron chi connectivity index (χ4n) is 2.72. The highest BCUT2D eigenvalue weighted by Crippen LogP contribution is 2.09. The van der Waals surface area contributed by atoms with Crippen LogP contribution in [0.5, 0.6) is 0 Å². The molecule has 15 heavy (non-hydrogen) atoms. The van der Waals surface area contributed by atoms with E-state index in [1.165, 1.54) is 65.1 Å². The van der Waals surface area contributed by atoms with Crippen molar-refractivity contribution in [2.75, 3.05) is 45.8 Å². The zero-order valence-electron chi connectivity index (χ0n) is 10.0. The van der Waals surface area contributed by atoms with Crippen molar-refractivity contribution in [2.24, 2.45) is 0 Å². The van der Waals surface area contributed by atoms with E-state index in [1.54, 1.807) is 0 Å². The average molecular weight is 211 g/mol. The van der Waals surface area contributed by atoms with Crippen LogP contribution in [0.25, 0.3) is 0 Å². The lowest BCUT2D eigenvalue weighted by Gasteiger charge is -2.34. The molecule has 0 spiro atoms. The Bertz CT molecular complexity index is 178. The second-order valence-electron chi connectivity index (χ2n) is 4.99. The van der Waals surface area contributed by atoms with Gasteiger partial charge < -0.3 is 10.2 Å². The van der Waals surface area contributed by atoms with Crippen molar-refractivity contribution < 1.29 is 0 Å².